The molecule has 0 bridgehead atoms. The third kappa shape index (κ3) is 2.65. The second-order valence-corrected chi connectivity index (χ2v) is 7.86. The summed E-state index contributed by atoms with van der Waals surface area (Å²) in [5.41, 5.74) is 1.15. The Labute approximate surface area is 155 Å². The number of amides is 1. The van der Waals surface area contributed by atoms with E-state index >= 15 is 0 Å². The molecule has 0 aliphatic heterocycles. The minimum absolute atomic E-state index is 0.0137. The van der Waals surface area contributed by atoms with Crippen molar-refractivity contribution in [3.05, 3.63) is 50.9 Å². The molecule has 4 aromatic rings. The number of aryl methyl sites for hydroxylation is 2. The summed E-state index contributed by atoms with van der Waals surface area (Å²) in [4.78, 5) is 35.4. The Hall–Kier alpha value is -2.78. The molecule has 3 aromatic heterocycles. The van der Waals surface area contributed by atoms with E-state index in [1.54, 1.807) is 13.2 Å². The number of ether oxygens (including phenoxy) is 1. The van der Waals surface area contributed by atoms with Crippen molar-refractivity contribution >= 4 is 48.9 Å². The molecular weight excluding hydrogens is 372 g/mol. The van der Waals surface area contributed by atoms with E-state index in [0.717, 1.165) is 26.5 Å². The number of anilines is 1. The van der Waals surface area contributed by atoms with Gasteiger partial charge in [-0.15, -0.1) is 11.3 Å². The smallest absolute Gasteiger partial charge is 0.271 e. The maximum atomic E-state index is 12.7. The van der Waals surface area contributed by atoms with Crippen LogP contribution in [0.25, 0.3) is 15.2 Å². The van der Waals surface area contributed by atoms with Gasteiger partial charge < -0.3 is 4.74 Å². The lowest BCUT2D eigenvalue weighted by Gasteiger charge is -2.02. The second kappa shape index (κ2) is 6.19. The van der Waals surface area contributed by atoms with Gasteiger partial charge in [-0.1, -0.05) is 11.3 Å². The third-order valence-corrected chi connectivity index (χ3v) is 6.08. The highest BCUT2D eigenvalue weighted by atomic mass is 32.1. The molecule has 0 radical (unpaired) electrons. The number of benzene rings is 1. The summed E-state index contributed by atoms with van der Waals surface area (Å²) in [6.45, 7) is 3.76. The summed E-state index contributed by atoms with van der Waals surface area (Å²) in [7, 11) is 1.59. The lowest BCUT2D eigenvalue weighted by atomic mass is 10.3. The summed E-state index contributed by atoms with van der Waals surface area (Å²) in [6.07, 6.45) is 1.32. The number of rotatable bonds is 3. The summed E-state index contributed by atoms with van der Waals surface area (Å²) >= 11 is 2.74. The molecule has 132 valence electrons. The number of nitrogens with one attached hydrogen (secondary N) is 1. The van der Waals surface area contributed by atoms with Crippen molar-refractivity contribution in [1.29, 1.82) is 0 Å². The third-order valence-electron chi connectivity index (χ3n) is 4.08. The van der Waals surface area contributed by atoms with Gasteiger partial charge >= 0.3 is 0 Å². The van der Waals surface area contributed by atoms with Crippen LogP contribution in [0, 0.1) is 13.8 Å². The first kappa shape index (κ1) is 16.7. The summed E-state index contributed by atoms with van der Waals surface area (Å²) < 4.78 is 7.55. The molecule has 1 aromatic carbocycles. The van der Waals surface area contributed by atoms with Crippen LogP contribution in [0.4, 0.5) is 5.13 Å². The summed E-state index contributed by atoms with van der Waals surface area (Å²) in [6, 6.07) is 5.47. The normalized spacial score (nSPS) is 11.2. The number of hydrogen-bond donors (Lipinski definition) is 1. The maximum Gasteiger partial charge on any atom is 0.271 e. The van der Waals surface area contributed by atoms with E-state index in [0.29, 0.717) is 10.1 Å². The standard InChI is InChI=1S/C17H14N4O3S2/c1-8-9(2)25-17-18-7-11(15(23)21(8)17)14(22)20-16-19-12-5-4-10(24-3)6-13(12)26-16/h4-7H,1-3H3,(H,19,20,22). The molecule has 9 heteroatoms. The molecule has 0 saturated heterocycles. The summed E-state index contributed by atoms with van der Waals surface area (Å²) in [5, 5.41) is 3.11. The fraction of sp³-hybridized carbons (Fsp3) is 0.176. The Morgan fingerprint density at radius 3 is 2.85 bits per heavy atom. The fourth-order valence-electron chi connectivity index (χ4n) is 2.58. The Morgan fingerprint density at radius 2 is 2.08 bits per heavy atom. The monoisotopic (exact) mass is 386 g/mol. The zero-order valence-corrected chi connectivity index (χ0v) is 15.8. The SMILES string of the molecule is COc1ccc2nc(NC(=O)c3cnc4sc(C)c(C)n4c3=O)sc2c1. The van der Waals surface area contributed by atoms with E-state index in [-0.39, 0.29) is 11.1 Å². The van der Waals surface area contributed by atoms with E-state index in [2.05, 4.69) is 15.3 Å². The first-order chi connectivity index (χ1) is 12.5. The van der Waals surface area contributed by atoms with Crippen molar-refractivity contribution in [1.82, 2.24) is 14.4 Å². The average molecular weight is 386 g/mol. The number of carbonyl (C=O) groups is 1. The fourth-order valence-corrected chi connectivity index (χ4v) is 4.40. The van der Waals surface area contributed by atoms with E-state index in [1.807, 2.05) is 26.0 Å². The van der Waals surface area contributed by atoms with Gasteiger partial charge in [0.1, 0.15) is 11.3 Å². The highest BCUT2D eigenvalue weighted by Crippen LogP contribution is 2.29. The second-order valence-electron chi connectivity index (χ2n) is 5.65. The molecule has 0 atom stereocenters. The number of fused-ring (bicyclic) bond motifs is 2. The van der Waals surface area contributed by atoms with Gasteiger partial charge in [0.05, 0.1) is 17.3 Å². The van der Waals surface area contributed by atoms with Crippen molar-refractivity contribution in [3.63, 3.8) is 0 Å². The minimum atomic E-state index is -0.522. The molecule has 0 fully saturated rings. The van der Waals surface area contributed by atoms with E-state index in [9.17, 15) is 9.59 Å². The van der Waals surface area contributed by atoms with Crippen molar-refractivity contribution in [2.75, 3.05) is 12.4 Å². The Bertz CT molecular complexity index is 1220. The predicted octanol–water partition coefficient (Wildman–Crippen LogP) is 3.24. The number of methoxy groups -OCH3 is 1. The van der Waals surface area contributed by atoms with Crippen LogP contribution in [0.5, 0.6) is 5.75 Å². The molecular formula is C17H14N4O3S2. The van der Waals surface area contributed by atoms with E-state index < -0.39 is 5.91 Å². The van der Waals surface area contributed by atoms with Crippen molar-refractivity contribution in [3.8, 4) is 5.75 Å². The van der Waals surface area contributed by atoms with Crippen LogP contribution in [0.15, 0.2) is 29.2 Å². The number of nitrogens with zero attached hydrogens (tertiary/aromatic N) is 3. The molecule has 26 heavy (non-hydrogen) atoms. The molecule has 0 spiro atoms. The molecule has 0 aliphatic rings. The lowest BCUT2D eigenvalue weighted by Crippen LogP contribution is -2.26. The van der Waals surface area contributed by atoms with Gasteiger partial charge in [-0.25, -0.2) is 9.97 Å². The van der Waals surface area contributed by atoms with Gasteiger partial charge in [-0.05, 0) is 32.0 Å². The number of thiazole rings is 2. The molecule has 1 amide bonds. The van der Waals surface area contributed by atoms with Crippen LogP contribution in [0.2, 0.25) is 0 Å². The van der Waals surface area contributed by atoms with Crippen LogP contribution < -0.4 is 15.6 Å². The highest BCUT2D eigenvalue weighted by Gasteiger charge is 2.18. The average Bonchev–Trinajstić information content (AvgIpc) is 3.14. The van der Waals surface area contributed by atoms with Crippen LogP contribution in [0.1, 0.15) is 20.9 Å². The molecule has 0 saturated carbocycles. The van der Waals surface area contributed by atoms with E-state index in [1.165, 1.54) is 33.3 Å². The quantitative estimate of drug-likeness (QED) is 0.584. The molecule has 3 heterocycles. The molecule has 7 nitrogen and oxygen atoms in total. The van der Waals surface area contributed by atoms with Crippen molar-refractivity contribution < 1.29 is 9.53 Å². The molecule has 4 rings (SSSR count). The first-order valence-corrected chi connectivity index (χ1v) is 9.35. The predicted molar refractivity (Wildman–Crippen MR) is 103 cm³/mol. The minimum Gasteiger partial charge on any atom is -0.497 e. The number of aromatic nitrogens is 3. The van der Waals surface area contributed by atoms with Gasteiger partial charge in [0.2, 0.25) is 0 Å². The van der Waals surface area contributed by atoms with E-state index in [4.69, 9.17) is 4.74 Å². The summed E-state index contributed by atoms with van der Waals surface area (Å²) in [5.74, 6) is 0.196. The van der Waals surface area contributed by atoms with Gasteiger partial charge in [0, 0.05) is 16.8 Å². The van der Waals surface area contributed by atoms with Crippen molar-refractivity contribution in [2.45, 2.75) is 13.8 Å². The van der Waals surface area contributed by atoms with Gasteiger partial charge in [0.15, 0.2) is 10.1 Å². The van der Waals surface area contributed by atoms with Crippen LogP contribution in [-0.4, -0.2) is 27.4 Å². The zero-order chi connectivity index (χ0) is 18.4. The largest absolute Gasteiger partial charge is 0.497 e. The Morgan fingerprint density at radius 1 is 1.27 bits per heavy atom. The topological polar surface area (TPSA) is 85.6 Å². The van der Waals surface area contributed by atoms with Crippen molar-refractivity contribution in [2.24, 2.45) is 0 Å². The van der Waals surface area contributed by atoms with Crippen LogP contribution >= 0.6 is 22.7 Å². The maximum absolute atomic E-state index is 12.7. The van der Waals surface area contributed by atoms with Gasteiger partial charge in [-0.3, -0.25) is 19.3 Å². The number of hydrogen-bond acceptors (Lipinski definition) is 7. The Kier molecular flexibility index (Phi) is 3.97. The lowest BCUT2D eigenvalue weighted by molar-refractivity contribution is 0.102. The van der Waals surface area contributed by atoms with Gasteiger partial charge in [-0.2, -0.15) is 0 Å². The van der Waals surface area contributed by atoms with Crippen LogP contribution in [0.3, 0.4) is 0 Å². The molecule has 0 unspecified atom stereocenters. The number of carbonyl (C=O) groups excluding carboxylic acids is 1. The van der Waals surface area contributed by atoms with Crippen LogP contribution in [-0.2, 0) is 0 Å². The molecule has 1 N–H and O–H groups in total. The molecule has 0 aliphatic carbocycles. The van der Waals surface area contributed by atoms with Gasteiger partial charge in [0.25, 0.3) is 11.5 Å². The first-order valence-electron chi connectivity index (χ1n) is 7.71. The highest BCUT2D eigenvalue weighted by molar-refractivity contribution is 7.22. The zero-order valence-electron chi connectivity index (χ0n) is 14.2. The Balaban J connectivity index is 1.70.